The Morgan fingerprint density at radius 2 is 1.90 bits per heavy atom. The molecule has 3 heterocycles. The molecule has 0 unspecified atom stereocenters. The van der Waals surface area contributed by atoms with E-state index in [9.17, 15) is 18.4 Å². The Kier molecular flexibility index (Phi) is 7.84. The molecule has 1 fully saturated rings. The number of fused-ring (bicyclic) bond motifs is 1. The molecule has 210 valence electrons. The van der Waals surface area contributed by atoms with E-state index in [1.807, 2.05) is 35.2 Å². The molecule has 1 atom stereocenters. The van der Waals surface area contributed by atoms with Gasteiger partial charge < -0.3 is 14.4 Å². The smallest absolute Gasteiger partial charge is 0.302 e. The van der Waals surface area contributed by atoms with Crippen molar-refractivity contribution in [2.75, 3.05) is 25.7 Å². The first kappa shape index (κ1) is 27.7. The highest BCUT2D eigenvalue weighted by Gasteiger charge is 2.35. The van der Waals surface area contributed by atoms with E-state index in [0.29, 0.717) is 54.9 Å². The number of carbonyl (C=O) groups is 1. The number of aryl methyl sites for hydroxylation is 1. The number of anilines is 1. The predicted molar refractivity (Wildman–Crippen MR) is 150 cm³/mol. The summed E-state index contributed by atoms with van der Waals surface area (Å²) in [5.74, 6) is -3.02. The monoisotopic (exact) mass is 568 g/mol. The van der Waals surface area contributed by atoms with E-state index in [-0.39, 0.29) is 28.7 Å². The molecule has 0 aliphatic carbocycles. The highest BCUT2D eigenvalue weighted by atomic mass is 32.1. The van der Waals surface area contributed by atoms with Gasteiger partial charge in [-0.1, -0.05) is 41.7 Å². The average molecular weight is 569 g/mol. The Bertz CT molecular complexity index is 1580. The first-order valence-corrected chi connectivity index (χ1v) is 13.8. The van der Waals surface area contributed by atoms with Crippen LogP contribution in [0.4, 0.5) is 13.9 Å². The summed E-state index contributed by atoms with van der Waals surface area (Å²) in [6.07, 6.45) is 2.50. The van der Waals surface area contributed by atoms with Gasteiger partial charge in [0.1, 0.15) is 11.5 Å². The van der Waals surface area contributed by atoms with Gasteiger partial charge in [-0.25, -0.2) is 9.97 Å². The summed E-state index contributed by atoms with van der Waals surface area (Å²) in [7, 11) is 2.96. The van der Waals surface area contributed by atoms with Gasteiger partial charge in [0.15, 0.2) is 27.1 Å². The van der Waals surface area contributed by atoms with E-state index in [2.05, 4.69) is 9.97 Å². The molecule has 0 spiro atoms. The second-order valence-electron chi connectivity index (χ2n) is 9.85. The quantitative estimate of drug-likeness (QED) is 0.260. The van der Waals surface area contributed by atoms with Gasteiger partial charge >= 0.3 is 5.92 Å². The van der Waals surface area contributed by atoms with Crippen LogP contribution in [0.1, 0.15) is 43.1 Å². The molecule has 0 N–H and O–H groups in total. The summed E-state index contributed by atoms with van der Waals surface area (Å²) in [5.41, 5.74) is 0.929. The maximum Gasteiger partial charge on any atom is 0.302 e. The third-order valence-corrected chi connectivity index (χ3v) is 8.08. The number of Topliss-reactive ketones (excluding diaryl/α,β-unsaturated/α-hetero) is 1. The molecule has 2 aromatic heterocycles. The van der Waals surface area contributed by atoms with Crippen molar-refractivity contribution in [1.82, 2.24) is 14.5 Å². The summed E-state index contributed by atoms with van der Waals surface area (Å²) in [4.78, 5) is 37.6. The van der Waals surface area contributed by atoms with Crippen LogP contribution in [0, 0.1) is 0 Å². The van der Waals surface area contributed by atoms with E-state index in [4.69, 9.17) is 9.47 Å². The van der Waals surface area contributed by atoms with Crippen LogP contribution in [0.3, 0.4) is 0 Å². The van der Waals surface area contributed by atoms with Crippen molar-refractivity contribution in [1.29, 1.82) is 0 Å². The van der Waals surface area contributed by atoms with Crippen molar-refractivity contribution in [2.45, 2.75) is 51.1 Å². The molecule has 2 aromatic carbocycles. The number of nitrogens with zero attached hydrogens (tertiary/aromatic N) is 4. The van der Waals surface area contributed by atoms with Crippen molar-refractivity contribution in [3.63, 3.8) is 0 Å². The van der Waals surface area contributed by atoms with Gasteiger partial charge in [0.05, 0.1) is 26.8 Å². The lowest BCUT2D eigenvalue weighted by Gasteiger charge is -2.22. The number of ether oxygens (including phenoxy) is 2. The fraction of sp³-hybridized carbons (Fsp3) is 0.379. The summed E-state index contributed by atoms with van der Waals surface area (Å²) in [6.45, 7) is 1.12. The molecule has 4 aromatic rings. The Morgan fingerprint density at radius 3 is 2.60 bits per heavy atom. The molecule has 0 radical (unpaired) electrons. The van der Waals surface area contributed by atoms with Gasteiger partial charge in [-0.2, -0.15) is 8.78 Å². The largest absolute Gasteiger partial charge is 0.497 e. The van der Waals surface area contributed by atoms with Gasteiger partial charge in [0.25, 0.3) is 5.56 Å². The van der Waals surface area contributed by atoms with Crippen LogP contribution < -0.4 is 19.9 Å². The van der Waals surface area contributed by atoms with Crippen LogP contribution in [0.2, 0.25) is 0 Å². The van der Waals surface area contributed by atoms with Crippen molar-refractivity contribution in [3.05, 3.63) is 75.8 Å². The van der Waals surface area contributed by atoms with Crippen molar-refractivity contribution in [3.8, 4) is 11.5 Å². The number of thiazole rings is 1. The molecule has 5 rings (SSSR count). The molecule has 1 saturated heterocycles. The van der Waals surface area contributed by atoms with E-state index in [1.54, 1.807) is 18.2 Å². The SMILES string of the molecule is COc1ccc(Cn2c(C(C)(F)F)nc3sc(N4CCC[C@@H]4C(=O)CCc4ccccc4)nc3c2=O)c(OC)c1. The predicted octanol–water partition coefficient (Wildman–Crippen LogP) is 5.20. The average Bonchev–Trinajstić information content (AvgIpc) is 3.61. The van der Waals surface area contributed by atoms with E-state index < -0.39 is 17.3 Å². The van der Waals surface area contributed by atoms with E-state index in [0.717, 1.165) is 27.9 Å². The van der Waals surface area contributed by atoms with Crippen molar-refractivity contribution < 1.29 is 23.0 Å². The summed E-state index contributed by atoms with van der Waals surface area (Å²) >= 11 is 1.07. The lowest BCUT2D eigenvalue weighted by atomic mass is 10.0. The van der Waals surface area contributed by atoms with E-state index >= 15 is 0 Å². The Morgan fingerprint density at radius 1 is 1.12 bits per heavy atom. The topological polar surface area (TPSA) is 86.5 Å². The van der Waals surface area contributed by atoms with Crippen LogP contribution in [0.15, 0.2) is 53.3 Å². The van der Waals surface area contributed by atoms with Crippen molar-refractivity contribution >= 4 is 32.6 Å². The highest BCUT2D eigenvalue weighted by Crippen LogP contribution is 2.35. The number of benzene rings is 2. The zero-order chi connectivity index (χ0) is 28.4. The number of ketones is 1. The summed E-state index contributed by atoms with van der Waals surface area (Å²) < 4.78 is 41.1. The Balaban J connectivity index is 1.48. The van der Waals surface area contributed by atoms with Crippen molar-refractivity contribution in [2.24, 2.45) is 0 Å². The van der Waals surface area contributed by atoms with Gasteiger partial charge in [0, 0.05) is 31.5 Å². The number of halogens is 2. The molecular formula is C29H30F2N4O4S. The number of methoxy groups -OCH3 is 2. The molecule has 0 saturated carbocycles. The molecule has 1 aliphatic heterocycles. The maximum atomic E-state index is 14.8. The van der Waals surface area contributed by atoms with Gasteiger partial charge in [-0.15, -0.1) is 0 Å². The molecule has 8 nitrogen and oxygen atoms in total. The van der Waals surface area contributed by atoms with E-state index in [1.165, 1.54) is 14.2 Å². The number of carbonyl (C=O) groups excluding carboxylic acids is 1. The lowest BCUT2D eigenvalue weighted by Crippen LogP contribution is -2.36. The number of rotatable bonds is 10. The third-order valence-electron chi connectivity index (χ3n) is 7.10. The minimum atomic E-state index is -3.39. The van der Waals surface area contributed by atoms with Gasteiger partial charge in [0.2, 0.25) is 0 Å². The second-order valence-corrected chi connectivity index (χ2v) is 10.8. The lowest BCUT2D eigenvalue weighted by molar-refractivity contribution is -0.120. The van der Waals surface area contributed by atoms with Crippen LogP contribution in [-0.4, -0.2) is 47.1 Å². The van der Waals surface area contributed by atoms with Crippen LogP contribution in [0.25, 0.3) is 10.3 Å². The summed E-state index contributed by atoms with van der Waals surface area (Å²) in [5, 5.41) is 0.445. The number of alkyl halides is 2. The first-order valence-electron chi connectivity index (χ1n) is 13.0. The van der Waals surface area contributed by atoms with Crippen LogP contribution in [0.5, 0.6) is 11.5 Å². The fourth-order valence-corrected chi connectivity index (χ4v) is 6.07. The van der Waals surface area contributed by atoms with Crippen LogP contribution >= 0.6 is 11.3 Å². The minimum Gasteiger partial charge on any atom is -0.497 e. The molecule has 0 amide bonds. The molecular weight excluding hydrogens is 538 g/mol. The summed E-state index contributed by atoms with van der Waals surface area (Å²) in [6, 6.07) is 14.4. The zero-order valence-corrected chi connectivity index (χ0v) is 23.3. The number of aromatic nitrogens is 3. The molecule has 1 aliphatic rings. The van der Waals surface area contributed by atoms with Crippen LogP contribution in [-0.2, 0) is 23.7 Å². The molecule has 11 heteroatoms. The number of hydrogen-bond donors (Lipinski definition) is 0. The first-order chi connectivity index (χ1) is 19.2. The molecule has 40 heavy (non-hydrogen) atoms. The standard InChI is InChI=1S/C29H30F2N4O4S/c1-29(30,31)27-33-25-24(26(37)35(27)17-19-12-13-20(38-2)16-23(19)39-3)32-28(40-25)34-15-7-10-21(34)22(36)14-11-18-8-5-4-6-9-18/h4-6,8-9,12-13,16,21H,7,10-11,14-15,17H2,1-3H3/t21-/m1/s1. The maximum absolute atomic E-state index is 14.8. The van der Waals surface area contributed by atoms with Gasteiger partial charge in [-0.05, 0) is 37.0 Å². The Labute approximate surface area is 234 Å². The normalized spacial score (nSPS) is 15.5. The second kappa shape index (κ2) is 11.3. The third kappa shape index (κ3) is 5.56. The highest BCUT2D eigenvalue weighted by molar-refractivity contribution is 7.21. The Hall–Kier alpha value is -3.86. The minimum absolute atomic E-state index is 0.00265. The number of hydrogen-bond acceptors (Lipinski definition) is 8. The fourth-order valence-electron chi connectivity index (χ4n) is 5.06. The molecule has 0 bridgehead atoms. The van der Waals surface area contributed by atoms with Gasteiger partial charge in [-0.3, -0.25) is 14.2 Å². The zero-order valence-electron chi connectivity index (χ0n) is 22.5.